The molecule has 1 fully saturated rings. The SMILES string of the molecule is COC(=O)C(C)NC(c1ccc(F)cc1)C1CC1. The zero-order valence-corrected chi connectivity index (χ0v) is 10.7. The molecule has 2 atom stereocenters. The van der Waals surface area contributed by atoms with Crippen molar-refractivity contribution in [3.63, 3.8) is 0 Å². The van der Waals surface area contributed by atoms with E-state index in [2.05, 4.69) is 5.32 Å². The maximum atomic E-state index is 12.9. The quantitative estimate of drug-likeness (QED) is 0.817. The summed E-state index contributed by atoms with van der Waals surface area (Å²) in [5, 5.41) is 3.27. The fourth-order valence-corrected chi connectivity index (χ4v) is 2.12. The van der Waals surface area contributed by atoms with Crippen LogP contribution >= 0.6 is 0 Å². The summed E-state index contributed by atoms with van der Waals surface area (Å²) in [7, 11) is 1.38. The smallest absolute Gasteiger partial charge is 0.322 e. The zero-order chi connectivity index (χ0) is 13.1. The molecule has 1 N–H and O–H groups in total. The van der Waals surface area contributed by atoms with Gasteiger partial charge in [0.25, 0.3) is 0 Å². The Hall–Kier alpha value is -1.42. The van der Waals surface area contributed by atoms with Gasteiger partial charge in [-0.25, -0.2) is 4.39 Å². The highest BCUT2D eigenvalue weighted by Crippen LogP contribution is 2.41. The number of benzene rings is 1. The molecule has 0 aliphatic heterocycles. The molecule has 4 heteroatoms. The van der Waals surface area contributed by atoms with Gasteiger partial charge in [0.2, 0.25) is 0 Å². The fourth-order valence-electron chi connectivity index (χ4n) is 2.12. The predicted octanol–water partition coefficient (Wildman–Crippen LogP) is 2.43. The van der Waals surface area contributed by atoms with E-state index in [9.17, 15) is 9.18 Å². The van der Waals surface area contributed by atoms with Crippen LogP contribution in [0.1, 0.15) is 31.4 Å². The molecule has 1 aromatic carbocycles. The van der Waals surface area contributed by atoms with E-state index in [0.717, 1.165) is 18.4 Å². The third-order valence-corrected chi connectivity index (χ3v) is 3.31. The number of nitrogens with one attached hydrogen (secondary N) is 1. The molecule has 98 valence electrons. The summed E-state index contributed by atoms with van der Waals surface area (Å²) < 4.78 is 17.6. The van der Waals surface area contributed by atoms with Crippen molar-refractivity contribution >= 4 is 5.97 Å². The van der Waals surface area contributed by atoms with Gasteiger partial charge in [-0.15, -0.1) is 0 Å². The number of ether oxygens (including phenoxy) is 1. The van der Waals surface area contributed by atoms with E-state index in [1.165, 1.54) is 19.2 Å². The van der Waals surface area contributed by atoms with Crippen LogP contribution in [0.15, 0.2) is 24.3 Å². The van der Waals surface area contributed by atoms with Crippen LogP contribution in [0.4, 0.5) is 4.39 Å². The molecule has 0 radical (unpaired) electrons. The van der Waals surface area contributed by atoms with Gasteiger partial charge < -0.3 is 4.74 Å². The topological polar surface area (TPSA) is 38.3 Å². The third kappa shape index (κ3) is 3.07. The summed E-state index contributed by atoms with van der Waals surface area (Å²) in [5.41, 5.74) is 1.02. The number of rotatable bonds is 5. The normalized spacial score (nSPS) is 18.2. The van der Waals surface area contributed by atoms with Crippen molar-refractivity contribution in [1.29, 1.82) is 0 Å². The highest BCUT2D eigenvalue weighted by molar-refractivity contribution is 5.75. The molecule has 1 aliphatic carbocycles. The molecule has 0 saturated heterocycles. The largest absolute Gasteiger partial charge is 0.468 e. The van der Waals surface area contributed by atoms with E-state index >= 15 is 0 Å². The number of methoxy groups -OCH3 is 1. The van der Waals surface area contributed by atoms with Crippen LogP contribution in [-0.4, -0.2) is 19.1 Å². The second-order valence-electron chi connectivity index (χ2n) is 4.78. The Morgan fingerprint density at radius 1 is 1.39 bits per heavy atom. The Balaban J connectivity index is 2.09. The lowest BCUT2D eigenvalue weighted by Crippen LogP contribution is -2.38. The predicted molar refractivity (Wildman–Crippen MR) is 66.5 cm³/mol. The Morgan fingerprint density at radius 3 is 2.50 bits per heavy atom. The van der Waals surface area contributed by atoms with Gasteiger partial charge in [0, 0.05) is 6.04 Å². The van der Waals surface area contributed by atoms with Crippen molar-refractivity contribution in [3.8, 4) is 0 Å². The minimum atomic E-state index is -0.356. The van der Waals surface area contributed by atoms with Gasteiger partial charge in [-0.05, 0) is 43.4 Å². The number of hydrogen-bond donors (Lipinski definition) is 1. The number of carbonyl (C=O) groups is 1. The zero-order valence-electron chi connectivity index (χ0n) is 10.7. The van der Waals surface area contributed by atoms with Gasteiger partial charge in [-0.1, -0.05) is 12.1 Å². The van der Waals surface area contributed by atoms with Crippen LogP contribution in [-0.2, 0) is 9.53 Å². The molecule has 1 aromatic rings. The van der Waals surface area contributed by atoms with Gasteiger partial charge >= 0.3 is 5.97 Å². The van der Waals surface area contributed by atoms with Crippen LogP contribution in [0, 0.1) is 11.7 Å². The first kappa shape index (κ1) is 13.0. The number of hydrogen-bond acceptors (Lipinski definition) is 3. The van der Waals surface area contributed by atoms with Crippen LogP contribution in [0.25, 0.3) is 0 Å². The number of esters is 1. The molecule has 1 aliphatic rings. The van der Waals surface area contributed by atoms with E-state index in [-0.39, 0.29) is 23.9 Å². The molecule has 0 amide bonds. The van der Waals surface area contributed by atoms with Gasteiger partial charge in [-0.3, -0.25) is 10.1 Å². The van der Waals surface area contributed by atoms with E-state index in [1.54, 1.807) is 19.1 Å². The molecule has 0 heterocycles. The first-order valence-electron chi connectivity index (χ1n) is 6.21. The molecule has 2 rings (SSSR count). The van der Waals surface area contributed by atoms with Crippen molar-refractivity contribution < 1.29 is 13.9 Å². The maximum Gasteiger partial charge on any atom is 0.322 e. The van der Waals surface area contributed by atoms with Crippen LogP contribution in [0.5, 0.6) is 0 Å². The van der Waals surface area contributed by atoms with Crippen molar-refractivity contribution in [2.75, 3.05) is 7.11 Å². The standard InChI is InChI=1S/C14H18FNO2/c1-9(14(17)18-2)16-13(10-3-4-10)11-5-7-12(15)8-6-11/h5-10,13,16H,3-4H2,1-2H3. The first-order valence-corrected chi connectivity index (χ1v) is 6.21. The Bertz CT molecular complexity index is 414. The summed E-state index contributed by atoms with van der Waals surface area (Å²) in [6, 6.07) is 6.19. The third-order valence-electron chi connectivity index (χ3n) is 3.31. The summed E-state index contributed by atoms with van der Waals surface area (Å²) in [5.74, 6) is 0.0136. The van der Waals surface area contributed by atoms with Gasteiger partial charge in [-0.2, -0.15) is 0 Å². The molecule has 3 nitrogen and oxygen atoms in total. The summed E-state index contributed by atoms with van der Waals surface area (Å²) in [6.45, 7) is 1.78. The van der Waals surface area contributed by atoms with E-state index in [4.69, 9.17) is 4.74 Å². The van der Waals surface area contributed by atoms with Gasteiger partial charge in [0.05, 0.1) is 7.11 Å². The fraction of sp³-hybridized carbons (Fsp3) is 0.500. The Labute approximate surface area is 106 Å². The van der Waals surface area contributed by atoms with Gasteiger partial charge in [0.15, 0.2) is 0 Å². The van der Waals surface area contributed by atoms with E-state index in [1.807, 2.05) is 0 Å². The summed E-state index contributed by atoms with van der Waals surface area (Å²) in [4.78, 5) is 11.4. The highest BCUT2D eigenvalue weighted by atomic mass is 19.1. The molecular formula is C14H18FNO2. The molecule has 2 unspecified atom stereocenters. The van der Waals surface area contributed by atoms with Crippen molar-refractivity contribution in [1.82, 2.24) is 5.32 Å². The van der Waals surface area contributed by atoms with Crippen molar-refractivity contribution in [2.45, 2.75) is 31.8 Å². The van der Waals surface area contributed by atoms with Crippen LogP contribution in [0.3, 0.4) is 0 Å². The average molecular weight is 251 g/mol. The Kier molecular flexibility index (Phi) is 3.97. The number of carbonyl (C=O) groups excluding carboxylic acids is 1. The summed E-state index contributed by atoms with van der Waals surface area (Å²) >= 11 is 0. The lowest BCUT2D eigenvalue weighted by molar-refractivity contribution is -0.142. The molecule has 0 bridgehead atoms. The van der Waals surface area contributed by atoms with E-state index in [0.29, 0.717) is 5.92 Å². The van der Waals surface area contributed by atoms with Crippen molar-refractivity contribution in [2.24, 2.45) is 5.92 Å². The van der Waals surface area contributed by atoms with Crippen LogP contribution < -0.4 is 5.32 Å². The number of halogens is 1. The van der Waals surface area contributed by atoms with Crippen molar-refractivity contribution in [3.05, 3.63) is 35.6 Å². The summed E-state index contributed by atoms with van der Waals surface area (Å²) in [6.07, 6.45) is 2.28. The lowest BCUT2D eigenvalue weighted by atomic mass is 10.0. The minimum absolute atomic E-state index is 0.0969. The first-order chi connectivity index (χ1) is 8.61. The molecule has 0 aromatic heterocycles. The Morgan fingerprint density at radius 2 is 2.00 bits per heavy atom. The molecule has 18 heavy (non-hydrogen) atoms. The lowest BCUT2D eigenvalue weighted by Gasteiger charge is -2.22. The maximum absolute atomic E-state index is 12.9. The monoisotopic (exact) mass is 251 g/mol. The van der Waals surface area contributed by atoms with E-state index < -0.39 is 0 Å². The van der Waals surface area contributed by atoms with Gasteiger partial charge in [0.1, 0.15) is 11.9 Å². The molecule has 0 spiro atoms. The second kappa shape index (κ2) is 5.48. The second-order valence-corrected chi connectivity index (χ2v) is 4.78. The molecule has 1 saturated carbocycles. The van der Waals surface area contributed by atoms with Crippen LogP contribution in [0.2, 0.25) is 0 Å². The highest BCUT2D eigenvalue weighted by Gasteiger charge is 2.34. The minimum Gasteiger partial charge on any atom is -0.468 e. The average Bonchev–Trinajstić information content (AvgIpc) is 3.20. The molecular weight excluding hydrogens is 233 g/mol.